The number of hydrogen-bond acceptors (Lipinski definition) is 0. The van der Waals surface area contributed by atoms with E-state index in [0.717, 1.165) is 0 Å². The first-order chi connectivity index (χ1) is 9.95. The normalized spacial score (nSPS) is 12.9. The highest BCUT2D eigenvalue weighted by atomic mass is 79.9. The molecule has 0 unspecified atom stereocenters. The topological polar surface area (TPSA) is 0 Å². The van der Waals surface area contributed by atoms with E-state index in [1.165, 1.54) is 75.5 Å². The predicted octanol–water partition coefficient (Wildman–Crippen LogP) is 8.41. The minimum absolute atomic E-state index is 1.20. The molecule has 0 fully saturated rings. The molecule has 0 heterocycles. The van der Waals surface area contributed by atoms with Gasteiger partial charge in [-0.15, -0.1) is 30.6 Å². The summed E-state index contributed by atoms with van der Waals surface area (Å²) in [5.41, 5.74) is 1.57. The van der Waals surface area contributed by atoms with Crippen molar-refractivity contribution in [1.29, 1.82) is 0 Å². The van der Waals surface area contributed by atoms with E-state index in [1.54, 1.807) is 5.67 Å². The average Bonchev–Trinajstić information content (AvgIpc) is 2.47. The Morgan fingerprint density at radius 3 is 0.952 bits per heavy atom. The van der Waals surface area contributed by atoms with Crippen molar-refractivity contribution in [3.8, 4) is 0 Å². The average molecular weight is 458 g/mol. The molecule has 0 aromatic rings. The van der Waals surface area contributed by atoms with E-state index < -0.39 is 13.4 Å². The molecule has 0 N–H and O–H groups in total. The molecule has 128 valence electrons. The van der Waals surface area contributed by atoms with Gasteiger partial charge >= 0.3 is 0 Å². The maximum absolute atomic E-state index is 4.35. The Balaban J connectivity index is 4.80. The zero-order chi connectivity index (χ0) is 16.2. The Kier molecular flexibility index (Phi) is 13.6. The largest absolute Gasteiger partial charge is 0.128 e. The number of rotatable bonds is 14. The molecule has 0 spiro atoms. The van der Waals surface area contributed by atoms with Crippen molar-refractivity contribution in [2.75, 3.05) is 0 Å². The summed E-state index contributed by atoms with van der Waals surface area (Å²) in [6.45, 7) is 6.97. The van der Waals surface area contributed by atoms with E-state index in [2.05, 4.69) is 58.3 Å². The zero-order valence-electron chi connectivity index (χ0n) is 14.9. The van der Waals surface area contributed by atoms with Crippen molar-refractivity contribution in [3.05, 3.63) is 0 Å². The van der Waals surface area contributed by atoms with Crippen LogP contribution < -0.4 is 0 Å². The lowest BCUT2D eigenvalue weighted by molar-refractivity contribution is 0.827. The quantitative estimate of drug-likeness (QED) is 0.181. The van der Waals surface area contributed by atoms with Gasteiger partial charge in [0.15, 0.2) is 0 Å². The van der Waals surface area contributed by atoms with E-state index >= 15 is 0 Å². The smallest absolute Gasteiger partial charge is 0.126 e. The van der Waals surface area contributed by atoms with Crippen LogP contribution in [-0.4, -0.2) is 13.4 Å². The molecular weight excluding hydrogens is 420 g/mol. The van der Waals surface area contributed by atoms with Gasteiger partial charge in [0.25, 0.3) is 0 Å². The van der Waals surface area contributed by atoms with Crippen LogP contribution in [0.5, 0.6) is 0 Å². The van der Waals surface area contributed by atoms with Crippen LogP contribution in [0, 0.1) is 0 Å². The standard InChI is InChI=1S/C17H38Br2Si2/c1-5-9-13-20(18,14-10-6-2)17-21(19,15-11-7-3)16-12-8-4/h5-17H2,1-4H3. The summed E-state index contributed by atoms with van der Waals surface area (Å²) in [4.78, 5) is 0. The van der Waals surface area contributed by atoms with Crippen LogP contribution in [0.3, 0.4) is 0 Å². The predicted molar refractivity (Wildman–Crippen MR) is 113 cm³/mol. The van der Waals surface area contributed by atoms with Crippen molar-refractivity contribution in [3.63, 3.8) is 0 Å². The lowest BCUT2D eigenvalue weighted by Gasteiger charge is -2.35. The minimum Gasteiger partial charge on any atom is -0.126 e. The molecule has 0 aliphatic heterocycles. The second-order valence-electron chi connectivity index (χ2n) is 6.89. The molecule has 0 atom stereocenters. The Morgan fingerprint density at radius 2 is 0.762 bits per heavy atom. The lowest BCUT2D eigenvalue weighted by atomic mass is 10.4. The fourth-order valence-corrected chi connectivity index (χ4v) is 31.4. The summed E-state index contributed by atoms with van der Waals surface area (Å²) >= 11 is 8.70. The summed E-state index contributed by atoms with van der Waals surface area (Å²) in [7, 11) is 0. The van der Waals surface area contributed by atoms with E-state index in [9.17, 15) is 0 Å². The highest BCUT2D eigenvalue weighted by Gasteiger charge is 2.40. The second-order valence-corrected chi connectivity index (χ2v) is 25.0. The van der Waals surface area contributed by atoms with E-state index in [-0.39, 0.29) is 0 Å². The molecule has 0 aromatic carbocycles. The summed E-state index contributed by atoms with van der Waals surface area (Å²) in [6.07, 6.45) is 11.1. The van der Waals surface area contributed by atoms with Crippen LogP contribution in [-0.2, 0) is 0 Å². The third-order valence-electron chi connectivity index (χ3n) is 4.55. The molecule has 0 aliphatic carbocycles. The molecule has 0 rings (SSSR count). The summed E-state index contributed by atoms with van der Waals surface area (Å²) in [5, 5.41) is 0. The first-order valence-electron chi connectivity index (χ1n) is 9.33. The molecule has 0 bridgehead atoms. The lowest BCUT2D eigenvalue weighted by Crippen LogP contribution is -2.39. The third-order valence-corrected chi connectivity index (χ3v) is 24.4. The van der Waals surface area contributed by atoms with E-state index in [4.69, 9.17) is 0 Å². The third kappa shape index (κ3) is 10.7. The SMILES string of the molecule is CCCC[Si](Br)(CCCC)C[Si](Br)(CCCC)CCCC. The van der Waals surface area contributed by atoms with Gasteiger partial charge in [0.1, 0.15) is 13.4 Å². The highest BCUT2D eigenvalue weighted by molar-refractivity contribution is 9.27. The van der Waals surface area contributed by atoms with Gasteiger partial charge in [-0.1, -0.05) is 79.1 Å². The summed E-state index contributed by atoms with van der Waals surface area (Å²) in [5.74, 6) is 0. The monoisotopic (exact) mass is 456 g/mol. The van der Waals surface area contributed by atoms with Crippen LogP contribution in [0.1, 0.15) is 79.1 Å². The van der Waals surface area contributed by atoms with E-state index in [1.807, 2.05) is 0 Å². The zero-order valence-corrected chi connectivity index (χ0v) is 20.1. The molecule has 0 amide bonds. The Hall–Kier alpha value is 1.39. The molecular formula is C17H38Br2Si2. The number of unbranched alkanes of at least 4 members (excludes halogenated alkanes) is 4. The van der Waals surface area contributed by atoms with Gasteiger partial charge in [0.05, 0.1) is 0 Å². The maximum atomic E-state index is 4.35. The first kappa shape index (κ1) is 22.4. The molecule has 0 saturated carbocycles. The molecule has 0 nitrogen and oxygen atoms in total. The molecule has 4 heteroatoms. The fraction of sp³-hybridized carbons (Fsp3) is 1.00. The molecule has 21 heavy (non-hydrogen) atoms. The van der Waals surface area contributed by atoms with Crippen molar-refractivity contribution < 1.29 is 0 Å². The number of halogens is 2. The first-order valence-corrected chi connectivity index (χ1v) is 19.1. The van der Waals surface area contributed by atoms with Crippen molar-refractivity contribution in [2.45, 2.75) is 109 Å². The Morgan fingerprint density at radius 1 is 0.524 bits per heavy atom. The van der Waals surface area contributed by atoms with Gasteiger partial charge in [-0.05, 0) is 29.8 Å². The highest BCUT2D eigenvalue weighted by Crippen LogP contribution is 2.42. The molecule has 0 saturated heterocycles. The Labute approximate surface area is 152 Å². The van der Waals surface area contributed by atoms with Crippen molar-refractivity contribution in [2.24, 2.45) is 0 Å². The molecule has 0 aromatic heterocycles. The van der Waals surface area contributed by atoms with Gasteiger partial charge in [-0.3, -0.25) is 0 Å². The fourth-order valence-electron chi connectivity index (χ4n) is 3.15. The summed E-state index contributed by atoms with van der Waals surface area (Å²) < 4.78 is 0. The van der Waals surface area contributed by atoms with Crippen LogP contribution in [0.25, 0.3) is 0 Å². The molecule has 0 aliphatic rings. The summed E-state index contributed by atoms with van der Waals surface area (Å²) in [6, 6.07) is 6.01. The van der Waals surface area contributed by atoms with Gasteiger partial charge in [0, 0.05) is 0 Å². The molecule has 0 radical (unpaired) electrons. The van der Waals surface area contributed by atoms with E-state index in [0.29, 0.717) is 0 Å². The van der Waals surface area contributed by atoms with Crippen LogP contribution in [0.4, 0.5) is 0 Å². The second kappa shape index (κ2) is 12.8. The van der Waals surface area contributed by atoms with Crippen LogP contribution >= 0.6 is 30.6 Å². The van der Waals surface area contributed by atoms with Gasteiger partial charge in [-0.25, -0.2) is 0 Å². The van der Waals surface area contributed by atoms with Crippen molar-refractivity contribution >= 4 is 44.0 Å². The maximum Gasteiger partial charge on any atom is 0.128 e. The Bertz CT molecular complexity index is 207. The minimum atomic E-state index is -1.20. The van der Waals surface area contributed by atoms with Gasteiger partial charge in [-0.2, -0.15) is 0 Å². The van der Waals surface area contributed by atoms with Crippen LogP contribution in [0.2, 0.25) is 29.8 Å². The van der Waals surface area contributed by atoms with Gasteiger partial charge in [0.2, 0.25) is 0 Å². The van der Waals surface area contributed by atoms with Crippen molar-refractivity contribution in [1.82, 2.24) is 0 Å². The van der Waals surface area contributed by atoms with Gasteiger partial charge < -0.3 is 0 Å². The number of hydrogen-bond donors (Lipinski definition) is 0. The van der Waals surface area contributed by atoms with Crippen LogP contribution in [0.15, 0.2) is 0 Å².